The molecule has 0 aliphatic carbocycles. The van der Waals surface area contributed by atoms with Crippen molar-refractivity contribution in [2.75, 3.05) is 19.9 Å². The van der Waals surface area contributed by atoms with Gasteiger partial charge in [-0.05, 0) is 6.42 Å². The lowest BCUT2D eigenvalue weighted by molar-refractivity contribution is -0.0258. The average molecular weight is 116 g/mol. The maximum absolute atomic E-state index is 8.52. The summed E-state index contributed by atoms with van der Waals surface area (Å²) in [4.78, 5) is 0. The summed E-state index contributed by atoms with van der Waals surface area (Å²) in [5.41, 5.74) is 0. The lowest BCUT2D eigenvalue weighted by Crippen LogP contribution is -2.31. The molecule has 1 aliphatic rings. The third-order valence-corrected chi connectivity index (χ3v) is 1.21. The first-order chi connectivity index (χ1) is 3.93. The van der Waals surface area contributed by atoms with Crippen LogP contribution in [0.25, 0.3) is 0 Å². The van der Waals surface area contributed by atoms with Gasteiger partial charge in [-0.3, -0.25) is 0 Å². The molecule has 1 rings (SSSR count). The van der Waals surface area contributed by atoms with Crippen LogP contribution in [0, 0.1) is 0 Å². The molecule has 0 amide bonds. The van der Waals surface area contributed by atoms with Crippen molar-refractivity contribution in [1.82, 2.24) is 5.32 Å². The summed E-state index contributed by atoms with van der Waals surface area (Å²) < 4.78 is 5.01. The lowest BCUT2D eigenvalue weighted by atomic mass is 10.2. The van der Waals surface area contributed by atoms with Crippen LogP contribution in [0.4, 0.5) is 0 Å². The second kappa shape index (κ2) is 3.02. The largest absolute Gasteiger partial charge is 0.394 e. The predicted molar refractivity (Wildman–Crippen MR) is 28.4 cm³/mol. The van der Waals surface area contributed by atoms with Crippen molar-refractivity contribution in [2.24, 2.45) is 0 Å². The van der Waals surface area contributed by atoms with Gasteiger partial charge in [0.05, 0.1) is 12.7 Å². The Bertz CT molecular complexity index is 61.4. The van der Waals surface area contributed by atoms with Crippen LogP contribution in [0.1, 0.15) is 6.42 Å². The standard InChI is InChI=1S/C5H10NO2/c7-3-5-1-2-6-4-8-5/h5,7H,1-4H2. The fraction of sp³-hybridized carbons (Fsp3) is 1.00. The highest BCUT2D eigenvalue weighted by atomic mass is 16.5. The van der Waals surface area contributed by atoms with Gasteiger partial charge < -0.3 is 9.84 Å². The first-order valence-corrected chi connectivity index (χ1v) is 2.79. The van der Waals surface area contributed by atoms with E-state index >= 15 is 0 Å². The van der Waals surface area contributed by atoms with Gasteiger partial charge in [-0.2, -0.15) is 0 Å². The van der Waals surface area contributed by atoms with E-state index in [-0.39, 0.29) is 12.7 Å². The Kier molecular flexibility index (Phi) is 2.27. The molecule has 1 radical (unpaired) electrons. The van der Waals surface area contributed by atoms with E-state index in [1.807, 2.05) is 0 Å². The third kappa shape index (κ3) is 1.43. The minimum atomic E-state index is 0.0486. The molecule has 0 aromatic rings. The zero-order valence-electron chi connectivity index (χ0n) is 4.71. The number of hydrogen-bond donors (Lipinski definition) is 1. The van der Waals surface area contributed by atoms with Gasteiger partial charge in [0.1, 0.15) is 6.73 Å². The van der Waals surface area contributed by atoms with Gasteiger partial charge >= 0.3 is 0 Å². The third-order valence-electron chi connectivity index (χ3n) is 1.21. The van der Waals surface area contributed by atoms with E-state index in [9.17, 15) is 0 Å². The normalized spacial score (nSPS) is 30.4. The minimum absolute atomic E-state index is 0.0486. The number of rotatable bonds is 1. The smallest absolute Gasteiger partial charge is 0.112 e. The summed E-state index contributed by atoms with van der Waals surface area (Å²) in [6.45, 7) is 1.44. The van der Waals surface area contributed by atoms with Crippen molar-refractivity contribution in [2.45, 2.75) is 12.5 Å². The molecule has 1 heterocycles. The second-order valence-corrected chi connectivity index (χ2v) is 1.84. The number of aliphatic hydroxyl groups excluding tert-OH is 1. The molecule has 1 fully saturated rings. The van der Waals surface area contributed by atoms with Crippen LogP contribution in [-0.2, 0) is 4.74 Å². The van der Waals surface area contributed by atoms with Crippen LogP contribution in [0.2, 0.25) is 0 Å². The van der Waals surface area contributed by atoms with Crippen molar-refractivity contribution in [3.05, 3.63) is 0 Å². The van der Waals surface area contributed by atoms with E-state index in [1.54, 1.807) is 0 Å². The van der Waals surface area contributed by atoms with Crippen LogP contribution in [0.3, 0.4) is 0 Å². The summed E-state index contributed by atoms with van der Waals surface area (Å²) in [5, 5.41) is 12.5. The van der Waals surface area contributed by atoms with Crippen molar-refractivity contribution in [3.63, 3.8) is 0 Å². The van der Waals surface area contributed by atoms with Crippen molar-refractivity contribution in [3.8, 4) is 0 Å². The van der Waals surface area contributed by atoms with Crippen molar-refractivity contribution in [1.29, 1.82) is 0 Å². The molecule has 0 spiro atoms. The van der Waals surface area contributed by atoms with Gasteiger partial charge in [0.2, 0.25) is 0 Å². The van der Waals surface area contributed by atoms with Gasteiger partial charge in [0.15, 0.2) is 0 Å². The zero-order valence-corrected chi connectivity index (χ0v) is 4.71. The fourth-order valence-corrected chi connectivity index (χ4v) is 0.685. The summed E-state index contributed by atoms with van der Waals surface area (Å²) >= 11 is 0. The number of aliphatic hydroxyl groups is 1. The molecule has 1 aliphatic heterocycles. The molecule has 8 heavy (non-hydrogen) atoms. The SMILES string of the molecule is OCC1CC[N]CO1. The Morgan fingerprint density at radius 3 is 3.00 bits per heavy atom. The summed E-state index contributed by atoms with van der Waals surface area (Å²) in [5.74, 6) is 0. The molecule has 1 unspecified atom stereocenters. The van der Waals surface area contributed by atoms with E-state index in [0.29, 0.717) is 6.73 Å². The van der Waals surface area contributed by atoms with Gasteiger partial charge in [0, 0.05) is 6.54 Å². The average Bonchev–Trinajstić information content (AvgIpc) is 1.90. The molecule has 0 aromatic heterocycles. The Morgan fingerprint density at radius 2 is 2.62 bits per heavy atom. The van der Waals surface area contributed by atoms with E-state index in [1.165, 1.54) is 0 Å². The molecule has 47 valence electrons. The van der Waals surface area contributed by atoms with Gasteiger partial charge in [-0.25, -0.2) is 5.32 Å². The molecule has 3 nitrogen and oxygen atoms in total. The molecular weight excluding hydrogens is 106 g/mol. The summed E-state index contributed by atoms with van der Waals surface area (Å²) in [7, 11) is 0. The first-order valence-electron chi connectivity index (χ1n) is 2.79. The first kappa shape index (κ1) is 6.01. The highest BCUT2D eigenvalue weighted by molar-refractivity contribution is 4.60. The van der Waals surface area contributed by atoms with E-state index in [2.05, 4.69) is 5.32 Å². The molecule has 3 heteroatoms. The fourth-order valence-electron chi connectivity index (χ4n) is 0.685. The van der Waals surface area contributed by atoms with Gasteiger partial charge in [-0.15, -0.1) is 0 Å². The molecule has 0 aromatic carbocycles. The van der Waals surface area contributed by atoms with E-state index in [4.69, 9.17) is 9.84 Å². The van der Waals surface area contributed by atoms with Crippen LogP contribution in [0.15, 0.2) is 0 Å². The number of nitrogens with zero attached hydrogens (tertiary/aromatic N) is 1. The highest BCUT2D eigenvalue weighted by Gasteiger charge is 2.11. The minimum Gasteiger partial charge on any atom is -0.394 e. The van der Waals surface area contributed by atoms with Crippen LogP contribution in [-0.4, -0.2) is 31.1 Å². The maximum Gasteiger partial charge on any atom is 0.112 e. The molecular formula is C5H10NO2. The molecule has 0 bridgehead atoms. The van der Waals surface area contributed by atoms with E-state index < -0.39 is 0 Å². The molecule has 1 atom stereocenters. The monoisotopic (exact) mass is 116 g/mol. The topological polar surface area (TPSA) is 43.6 Å². The Labute approximate surface area is 48.7 Å². The Morgan fingerprint density at radius 1 is 1.75 bits per heavy atom. The van der Waals surface area contributed by atoms with Crippen molar-refractivity contribution >= 4 is 0 Å². The van der Waals surface area contributed by atoms with Crippen LogP contribution in [0.5, 0.6) is 0 Å². The zero-order chi connectivity index (χ0) is 5.82. The molecule has 0 saturated carbocycles. The molecule has 1 saturated heterocycles. The lowest BCUT2D eigenvalue weighted by Gasteiger charge is -2.19. The number of hydrogen-bond acceptors (Lipinski definition) is 2. The number of ether oxygens (including phenoxy) is 1. The Hall–Kier alpha value is -0.120. The highest BCUT2D eigenvalue weighted by Crippen LogP contribution is 2.00. The molecule has 1 N–H and O–H groups in total. The van der Waals surface area contributed by atoms with Gasteiger partial charge in [-0.1, -0.05) is 0 Å². The van der Waals surface area contributed by atoms with Crippen molar-refractivity contribution < 1.29 is 9.84 Å². The second-order valence-electron chi connectivity index (χ2n) is 1.84. The Balaban J connectivity index is 2.13. The predicted octanol–water partition coefficient (Wildman–Crippen LogP) is -0.671. The van der Waals surface area contributed by atoms with E-state index in [0.717, 1.165) is 13.0 Å². The summed E-state index contributed by atoms with van der Waals surface area (Å²) in [6.07, 6.45) is 0.920. The summed E-state index contributed by atoms with van der Waals surface area (Å²) in [6, 6.07) is 0. The maximum atomic E-state index is 8.52. The quantitative estimate of drug-likeness (QED) is 0.493. The van der Waals surface area contributed by atoms with Gasteiger partial charge in [0.25, 0.3) is 0 Å². The van der Waals surface area contributed by atoms with Crippen LogP contribution >= 0.6 is 0 Å². The van der Waals surface area contributed by atoms with Crippen LogP contribution < -0.4 is 5.32 Å².